The Labute approximate surface area is 194 Å². The molecule has 0 radical (unpaired) electrons. The Morgan fingerprint density at radius 3 is 2.52 bits per heavy atom. The van der Waals surface area contributed by atoms with E-state index < -0.39 is 18.1 Å². The first kappa shape index (κ1) is 24.1. The van der Waals surface area contributed by atoms with Crippen molar-refractivity contribution in [3.8, 4) is 0 Å². The van der Waals surface area contributed by atoms with E-state index in [0.29, 0.717) is 17.1 Å². The summed E-state index contributed by atoms with van der Waals surface area (Å²) in [6.45, 7) is 5.52. The molecular formula is C25H31N5O3. The van der Waals surface area contributed by atoms with Gasteiger partial charge in [0.2, 0.25) is 18.0 Å². The fourth-order valence-corrected chi connectivity index (χ4v) is 3.65. The van der Waals surface area contributed by atoms with Crippen LogP contribution in [0, 0.1) is 5.92 Å². The van der Waals surface area contributed by atoms with Crippen molar-refractivity contribution in [2.45, 2.75) is 52.2 Å². The number of rotatable bonds is 8. The maximum Gasteiger partial charge on any atom is 0.272 e. The fraction of sp³-hybridized carbons (Fsp3) is 0.400. The van der Waals surface area contributed by atoms with Gasteiger partial charge < -0.3 is 15.5 Å². The molecule has 8 nitrogen and oxygen atoms in total. The zero-order chi connectivity index (χ0) is 24.0. The SMILES string of the molecule is CCCC[C@H](C)C(=O)N[C@@H](C)C(=O)NC1N=C(c2ccccn2)c2ccccc2N(C)C1=O. The molecule has 8 heteroatoms. The molecule has 3 atom stereocenters. The Bertz CT molecular complexity index is 1040. The van der Waals surface area contributed by atoms with Gasteiger partial charge in [0.15, 0.2) is 0 Å². The second-order valence-corrected chi connectivity index (χ2v) is 8.29. The summed E-state index contributed by atoms with van der Waals surface area (Å²) in [7, 11) is 1.65. The van der Waals surface area contributed by atoms with Crippen LogP contribution in [0.3, 0.4) is 0 Å². The Morgan fingerprint density at radius 2 is 1.82 bits per heavy atom. The Balaban J connectivity index is 1.84. The molecule has 0 fully saturated rings. The Morgan fingerprint density at radius 1 is 1.09 bits per heavy atom. The first-order chi connectivity index (χ1) is 15.8. The average Bonchev–Trinajstić information content (AvgIpc) is 2.93. The number of anilines is 1. The van der Waals surface area contributed by atoms with Gasteiger partial charge in [-0.25, -0.2) is 4.99 Å². The summed E-state index contributed by atoms with van der Waals surface area (Å²) in [6, 6.07) is 12.1. The number of likely N-dealkylation sites (N-methyl/N-ethyl adjacent to an activating group) is 1. The predicted molar refractivity (Wildman–Crippen MR) is 128 cm³/mol. The number of aromatic nitrogens is 1. The minimum absolute atomic E-state index is 0.180. The average molecular weight is 450 g/mol. The third kappa shape index (κ3) is 5.63. The molecule has 2 N–H and O–H groups in total. The summed E-state index contributed by atoms with van der Waals surface area (Å²) >= 11 is 0. The lowest BCUT2D eigenvalue weighted by molar-refractivity contribution is -0.132. The van der Waals surface area contributed by atoms with Gasteiger partial charge in [0.25, 0.3) is 5.91 Å². The largest absolute Gasteiger partial charge is 0.344 e. The topological polar surface area (TPSA) is 104 Å². The van der Waals surface area contributed by atoms with E-state index >= 15 is 0 Å². The van der Waals surface area contributed by atoms with Crippen LogP contribution in [-0.4, -0.2) is 47.7 Å². The van der Waals surface area contributed by atoms with Gasteiger partial charge in [0.05, 0.1) is 17.1 Å². The van der Waals surface area contributed by atoms with Gasteiger partial charge in [-0.1, -0.05) is 51.0 Å². The molecule has 174 valence electrons. The van der Waals surface area contributed by atoms with Crippen LogP contribution in [0.25, 0.3) is 0 Å². The van der Waals surface area contributed by atoms with Crippen molar-refractivity contribution in [1.29, 1.82) is 0 Å². The van der Waals surface area contributed by atoms with Crippen molar-refractivity contribution in [3.05, 3.63) is 59.9 Å². The number of para-hydroxylation sites is 1. The molecule has 1 aromatic heterocycles. The second kappa shape index (κ2) is 10.8. The lowest BCUT2D eigenvalue weighted by Crippen LogP contribution is -2.52. The normalized spacial score (nSPS) is 17.3. The lowest BCUT2D eigenvalue weighted by atomic mass is 10.0. The van der Waals surface area contributed by atoms with E-state index in [1.54, 1.807) is 26.2 Å². The van der Waals surface area contributed by atoms with Crippen molar-refractivity contribution >= 4 is 29.1 Å². The van der Waals surface area contributed by atoms with Crippen LogP contribution >= 0.6 is 0 Å². The number of amides is 3. The number of carbonyl (C=O) groups excluding carboxylic acids is 3. The van der Waals surface area contributed by atoms with E-state index in [0.717, 1.165) is 24.8 Å². The summed E-state index contributed by atoms with van der Waals surface area (Å²) in [6.07, 6.45) is 3.22. The van der Waals surface area contributed by atoms with Gasteiger partial charge in [0.1, 0.15) is 6.04 Å². The minimum Gasteiger partial charge on any atom is -0.344 e. The molecule has 0 spiro atoms. The summed E-state index contributed by atoms with van der Waals surface area (Å²) in [4.78, 5) is 49.0. The number of benzodiazepines with no additional fused rings is 1. The third-order valence-corrected chi connectivity index (χ3v) is 5.72. The monoisotopic (exact) mass is 449 g/mol. The van der Waals surface area contributed by atoms with E-state index in [1.165, 1.54) is 4.90 Å². The number of pyridine rings is 1. The highest BCUT2D eigenvalue weighted by molar-refractivity contribution is 6.19. The van der Waals surface area contributed by atoms with Crippen LogP contribution < -0.4 is 15.5 Å². The first-order valence-electron chi connectivity index (χ1n) is 11.3. The highest BCUT2D eigenvalue weighted by Crippen LogP contribution is 2.26. The van der Waals surface area contributed by atoms with Crippen LogP contribution in [-0.2, 0) is 14.4 Å². The van der Waals surface area contributed by atoms with E-state index in [2.05, 4.69) is 27.5 Å². The number of nitrogens with zero attached hydrogens (tertiary/aromatic N) is 3. The van der Waals surface area contributed by atoms with E-state index in [1.807, 2.05) is 43.3 Å². The van der Waals surface area contributed by atoms with Crippen LogP contribution in [0.5, 0.6) is 0 Å². The summed E-state index contributed by atoms with van der Waals surface area (Å²) in [5.74, 6) is -1.22. The highest BCUT2D eigenvalue weighted by atomic mass is 16.2. The van der Waals surface area contributed by atoms with Crippen LogP contribution in [0.1, 0.15) is 51.3 Å². The van der Waals surface area contributed by atoms with Crippen molar-refractivity contribution in [3.63, 3.8) is 0 Å². The molecule has 0 aliphatic carbocycles. The predicted octanol–water partition coefficient (Wildman–Crippen LogP) is 2.67. The lowest BCUT2D eigenvalue weighted by Gasteiger charge is -2.22. The first-order valence-corrected chi connectivity index (χ1v) is 11.3. The number of hydrogen-bond donors (Lipinski definition) is 2. The summed E-state index contributed by atoms with van der Waals surface area (Å²) in [5.41, 5.74) is 2.53. The van der Waals surface area contributed by atoms with Gasteiger partial charge in [-0.3, -0.25) is 19.4 Å². The number of aliphatic imine (C=N–C) groups is 1. The molecule has 1 aromatic carbocycles. The van der Waals surface area contributed by atoms with E-state index in [9.17, 15) is 14.4 Å². The molecule has 0 bridgehead atoms. The molecule has 2 aromatic rings. The van der Waals surface area contributed by atoms with Crippen molar-refractivity contribution < 1.29 is 14.4 Å². The maximum atomic E-state index is 13.2. The summed E-state index contributed by atoms with van der Waals surface area (Å²) < 4.78 is 0. The maximum absolute atomic E-state index is 13.2. The standard InChI is InChI=1S/C25H31N5O3/c1-5-6-11-16(2)23(31)27-17(3)24(32)29-22-25(33)30(4)20-14-8-7-12-18(20)21(28-22)19-13-9-10-15-26-19/h7-10,12-17,22H,5-6,11H2,1-4H3,(H,27,31)(H,29,32)/t16-,17-,22?/m0/s1. The quantitative estimate of drug-likeness (QED) is 0.647. The van der Waals surface area contributed by atoms with Gasteiger partial charge in [-0.15, -0.1) is 0 Å². The Hall–Kier alpha value is -3.55. The number of nitrogens with one attached hydrogen (secondary N) is 2. The van der Waals surface area contributed by atoms with Crippen molar-refractivity contribution in [2.24, 2.45) is 10.9 Å². The fourth-order valence-electron chi connectivity index (χ4n) is 3.65. The van der Waals surface area contributed by atoms with Gasteiger partial charge >= 0.3 is 0 Å². The number of fused-ring (bicyclic) bond motifs is 1. The zero-order valence-corrected chi connectivity index (χ0v) is 19.5. The smallest absolute Gasteiger partial charge is 0.272 e. The van der Waals surface area contributed by atoms with Gasteiger partial charge in [-0.05, 0) is 31.5 Å². The molecule has 1 aliphatic rings. The van der Waals surface area contributed by atoms with Crippen LogP contribution in [0.15, 0.2) is 53.7 Å². The minimum atomic E-state index is -1.15. The van der Waals surface area contributed by atoms with Crippen molar-refractivity contribution in [2.75, 3.05) is 11.9 Å². The molecule has 0 saturated carbocycles. The molecule has 0 saturated heterocycles. The second-order valence-electron chi connectivity index (χ2n) is 8.29. The molecule has 1 aliphatic heterocycles. The molecule has 33 heavy (non-hydrogen) atoms. The molecular weight excluding hydrogens is 418 g/mol. The van der Waals surface area contributed by atoms with Crippen LogP contribution in [0.2, 0.25) is 0 Å². The van der Waals surface area contributed by atoms with E-state index in [4.69, 9.17) is 0 Å². The molecule has 2 heterocycles. The van der Waals surface area contributed by atoms with Gasteiger partial charge in [-0.2, -0.15) is 0 Å². The van der Waals surface area contributed by atoms with Crippen LogP contribution in [0.4, 0.5) is 5.69 Å². The number of carbonyl (C=O) groups is 3. The number of benzene rings is 1. The van der Waals surface area contributed by atoms with E-state index in [-0.39, 0.29) is 17.7 Å². The molecule has 1 unspecified atom stereocenters. The van der Waals surface area contributed by atoms with Crippen molar-refractivity contribution in [1.82, 2.24) is 15.6 Å². The zero-order valence-electron chi connectivity index (χ0n) is 19.5. The third-order valence-electron chi connectivity index (χ3n) is 5.72. The number of unbranched alkanes of at least 4 members (excludes halogenated alkanes) is 1. The number of hydrogen-bond acceptors (Lipinski definition) is 5. The molecule has 3 amide bonds. The Kier molecular flexibility index (Phi) is 7.92. The summed E-state index contributed by atoms with van der Waals surface area (Å²) in [5, 5.41) is 5.44. The van der Waals surface area contributed by atoms with Gasteiger partial charge in [0, 0.05) is 24.7 Å². The molecule has 3 rings (SSSR count). The highest BCUT2D eigenvalue weighted by Gasteiger charge is 2.32.